The number of halogens is 4. The van der Waals surface area contributed by atoms with Crippen LogP contribution in [0.25, 0.3) is 0 Å². The first-order chi connectivity index (χ1) is 11.8. The zero-order valence-corrected chi connectivity index (χ0v) is 13.9. The summed E-state index contributed by atoms with van der Waals surface area (Å²) in [7, 11) is 0. The van der Waals surface area contributed by atoms with Crippen molar-refractivity contribution in [3.63, 3.8) is 0 Å². The highest BCUT2D eigenvalue weighted by Crippen LogP contribution is 2.36. The van der Waals surface area contributed by atoms with Gasteiger partial charge in [-0.1, -0.05) is 18.2 Å². The summed E-state index contributed by atoms with van der Waals surface area (Å²) < 4.78 is 51.7. The second-order valence-electron chi connectivity index (χ2n) is 5.81. The van der Waals surface area contributed by atoms with E-state index in [1.54, 1.807) is 17.8 Å². The quantitative estimate of drug-likeness (QED) is 0.792. The van der Waals surface area contributed by atoms with Crippen LogP contribution in [0.4, 0.5) is 17.6 Å². The number of thioether (sulfide) groups is 1. The molecule has 1 atom stereocenters. The van der Waals surface area contributed by atoms with Gasteiger partial charge in [0.1, 0.15) is 5.82 Å². The number of carbonyl (C=O) groups excluding carboxylic acids is 1. The Hall–Kier alpha value is -2.02. The number of hydrogen-bond donors (Lipinski definition) is 1. The number of rotatable bonds is 3. The van der Waals surface area contributed by atoms with Gasteiger partial charge in [0.2, 0.25) is 5.91 Å². The van der Waals surface area contributed by atoms with Crippen LogP contribution in [0.3, 0.4) is 0 Å². The molecule has 2 aromatic rings. The lowest BCUT2D eigenvalue weighted by Gasteiger charge is -2.26. The van der Waals surface area contributed by atoms with Crippen LogP contribution in [0.1, 0.15) is 29.2 Å². The van der Waals surface area contributed by atoms with Gasteiger partial charge < -0.3 is 5.32 Å². The first-order valence-corrected chi connectivity index (χ1v) is 8.69. The largest absolute Gasteiger partial charge is 0.416 e. The molecule has 0 spiro atoms. The molecule has 7 heteroatoms. The molecule has 2 aromatic carbocycles. The number of nitrogens with one attached hydrogen (secondary N) is 1. The molecule has 1 heterocycles. The van der Waals surface area contributed by atoms with Crippen LogP contribution in [-0.4, -0.2) is 11.7 Å². The van der Waals surface area contributed by atoms with Crippen LogP contribution in [0.15, 0.2) is 47.4 Å². The van der Waals surface area contributed by atoms with Crippen LogP contribution in [0.2, 0.25) is 0 Å². The molecule has 0 radical (unpaired) electrons. The summed E-state index contributed by atoms with van der Waals surface area (Å²) >= 11 is 1.59. The SMILES string of the molecule is O=C(Cc1cccc(C(F)(F)F)c1)N[C@H]1CCSc2ccc(F)cc21. The highest BCUT2D eigenvalue weighted by Gasteiger charge is 2.30. The van der Waals surface area contributed by atoms with E-state index in [4.69, 9.17) is 0 Å². The number of hydrogen-bond acceptors (Lipinski definition) is 2. The Morgan fingerprint density at radius 2 is 2.00 bits per heavy atom. The number of amides is 1. The lowest BCUT2D eigenvalue weighted by atomic mass is 10.0. The number of alkyl halides is 3. The lowest BCUT2D eigenvalue weighted by molar-refractivity contribution is -0.137. The van der Waals surface area contributed by atoms with E-state index in [0.29, 0.717) is 12.0 Å². The molecule has 1 aliphatic rings. The summed E-state index contributed by atoms with van der Waals surface area (Å²) in [6.45, 7) is 0. The smallest absolute Gasteiger partial charge is 0.349 e. The molecule has 1 amide bonds. The van der Waals surface area contributed by atoms with Gasteiger partial charge in [0, 0.05) is 10.6 Å². The fourth-order valence-corrected chi connectivity index (χ4v) is 3.91. The van der Waals surface area contributed by atoms with Crippen molar-refractivity contribution in [2.24, 2.45) is 0 Å². The van der Waals surface area contributed by atoms with Gasteiger partial charge in [0.05, 0.1) is 18.0 Å². The summed E-state index contributed by atoms with van der Waals surface area (Å²) in [5.74, 6) is 0.0254. The maximum Gasteiger partial charge on any atom is 0.416 e. The number of carbonyl (C=O) groups is 1. The van der Waals surface area contributed by atoms with Crippen molar-refractivity contribution in [3.8, 4) is 0 Å². The van der Waals surface area contributed by atoms with E-state index in [-0.39, 0.29) is 29.8 Å². The maximum absolute atomic E-state index is 13.5. The molecule has 0 bridgehead atoms. The van der Waals surface area contributed by atoms with E-state index in [2.05, 4.69) is 5.32 Å². The second kappa shape index (κ2) is 7.07. The van der Waals surface area contributed by atoms with Crippen molar-refractivity contribution < 1.29 is 22.4 Å². The average Bonchev–Trinajstić information content (AvgIpc) is 2.55. The third-order valence-corrected chi connectivity index (χ3v) is 5.09. The van der Waals surface area contributed by atoms with Gasteiger partial charge in [0.15, 0.2) is 0 Å². The summed E-state index contributed by atoms with van der Waals surface area (Å²) in [4.78, 5) is 13.2. The van der Waals surface area contributed by atoms with E-state index < -0.39 is 11.7 Å². The Morgan fingerprint density at radius 1 is 1.20 bits per heavy atom. The Balaban J connectivity index is 1.71. The minimum Gasteiger partial charge on any atom is -0.349 e. The molecule has 2 nitrogen and oxygen atoms in total. The zero-order chi connectivity index (χ0) is 18.0. The Morgan fingerprint density at radius 3 is 2.76 bits per heavy atom. The zero-order valence-electron chi connectivity index (χ0n) is 13.1. The van der Waals surface area contributed by atoms with E-state index in [9.17, 15) is 22.4 Å². The molecule has 0 aliphatic carbocycles. The van der Waals surface area contributed by atoms with Crippen LogP contribution in [0, 0.1) is 5.82 Å². The fraction of sp³-hybridized carbons (Fsp3) is 0.278. The molecule has 3 rings (SSSR count). The normalized spacial score (nSPS) is 17.0. The lowest BCUT2D eigenvalue weighted by Crippen LogP contribution is -2.31. The topological polar surface area (TPSA) is 29.1 Å². The summed E-state index contributed by atoms with van der Waals surface area (Å²) in [5.41, 5.74) is 0.227. The van der Waals surface area contributed by atoms with Gasteiger partial charge >= 0.3 is 6.18 Å². The van der Waals surface area contributed by atoms with Gasteiger partial charge in [0.25, 0.3) is 0 Å². The van der Waals surface area contributed by atoms with Gasteiger partial charge in [-0.25, -0.2) is 4.39 Å². The van der Waals surface area contributed by atoms with Crippen molar-refractivity contribution >= 4 is 17.7 Å². The molecular formula is C18H15F4NOS. The number of fused-ring (bicyclic) bond motifs is 1. The third-order valence-electron chi connectivity index (χ3n) is 3.97. The molecule has 25 heavy (non-hydrogen) atoms. The van der Waals surface area contributed by atoms with E-state index in [1.807, 2.05) is 0 Å². The molecule has 0 saturated heterocycles. The minimum atomic E-state index is -4.44. The van der Waals surface area contributed by atoms with Gasteiger partial charge in [-0.15, -0.1) is 11.8 Å². The molecule has 1 aliphatic heterocycles. The van der Waals surface area contributed by atoms with Crippen molar-refractivity contribution in [2.45, 2.75) is 30.0 Å². The van der Waals surface area contributed by atoms with E-state index in [0.717, 1.165) is 22.8 Å². The maximum atomic E-state index is 13.5. The van der Waals surface area contributed by atoms with Gasteiger partial charge in [-0.05, 0) is 41.8 Å². The van der Waals surface area contributed by atoms with Gasteiger partial charge in [-0.2, -0.15) is 13.2 Å². The van der Waals surface area contributed by atoms with Crippen LogP contribution in [-0.2, 0) is 17.4 Å². The van der Waals surface area contributed by atoms with Crippen molar-refractivity contribution in [1.29, 1.82) is 0 Å². The Labute approximate surface area is 146 Å². The number of benzene rings is 2. The second-order valence-corrected chi connectivity index (χ2v) is 6.95. The standard InChI is InChI=1S/C18H15F4NOS/c19-13-4-5-16-14(10-13)15(6-7-25-16)23-17(24)9-11-2-1-3-12(8-11)18(20,21)22/h1-5,8,10,15H,6-7,9H2,(H,23,24)/t15-/m0/s1. The molecular weight excluding hydrogens is 354 g/mol. The summed E-state index contributed by atoms with van der Waals surface area (Å²) in [6.07, 6.45) is -3.95. The van der Waals surface area contributed by atoms with Crippen molar-refractivity contribution in [3.05, 3.63) is 65.0 Å². The monoisotopic (exact) mass is 369 g/mol. The molecule has 0 aromatic heterocycles. The molecule has 0 unspecified atom stereocenters. The Kier molecular flexibility index (Phi) is 5.03. The fourth-order valence-electron chi connectivity index (χ4n) is 2.80. The molecule has 132 valence electrons. The van der Waals surface area contributed by atoms with E-state index >= 15 is 0 Å². The molecule has 0 saturated carbocycles. The third kappa shape index (κ3) is 4.34. The minimum absolute atomic E-state index is 0.155. The first-order valence-electron chi connectivity index (χ1n) is 7.70. The van der Waals surface area contributed by atoms with E-state index in [1.165, 1.54) is 24.3 Å². The Bertz CT molecular complexity index is 791. The predicted octanol–water partition coefficient (Wildman–Crippen LogP) is 4.74. The highest BCUT2D eigenvalue weighted by molar-refractivity contribution is 7.99. The van der Waals surface area contributed by atoms with Gasteiger partial charge in [-0.3, -0.25) is 4.79 Å². The first kappa shape index (κ1) is 17.8. The van der Waals surface area contributed by atoms with Crippen molar-refractivity contribution in [2.75, 3.05) is 5.75 Å². The summed E-state index contributed by atoms with van der Waals surface area (Å²) in [6, 6.07) is 8.84. The van der Waals surface area contributed by atoms with Crippen molar-refractivity contribution in [1.82, 2.24) is 5.32 Å². The molecule has 1 N–H and O–H groups in total. The molecule has 0 fully saturated rings. The summed E-state index contributed by atoms with van der Waals surface area (Å²) in [5, 5.41) is 2.81. The average molecular weight is 369 g/mol. The highest BCUT2D eigenvalue weighted by atomic mass is 32.2. The van der Waals surface area contributed by atoms with Crippen LogP contribution < -0.4 is 5.32 Å². The van der Waals surface area contributed by atoms with Crippen LogP contribution >= 0.6 is 11.8 Å². The predicted molar refractivity (Wildman–Crippen MR) is 87.8 cm³/mol. The van der Waals surface area contributed by atoms with Crippen LogP contribution in [0.5, 0.6) is 0 Å².